The lowest BCUT2D eigenvalue weighted by Crippen LogP contribution is -2.43. The summed E-state index contributed by atoms with van der Waals surface area (Å²) in [6.07, 6.45) is 10.4. The molecule has 0 bridgehead atoms. The average molecular weight is 552 g/mol. The number of benzene rings is 1. The van der Waals surface area contributed by atoms with E-state index >= 15 is 0 Å². The Labute approximate surface area is 240 Å². The predicted molar refractivity (Wildman–Crippen MR) is 157 cm³/mol. The summed E-state index contributed by atoms with van der Waals surface area (Å²) in [5, 5.41) is 11.1. The summed E-state index contributed by atoms with van der Waals surface area (Å²) in [5.74, 6) is 1.13. The van der Waals surface area contributed by atoms with E-state index in [2.05, 4.69) is 55.7 Å². The van der Waals surface area contributed by atoms with Crippen molar-refractivity contribution in [3.63, 3.8) is 0 Å². The molecule has 2 N–H and O–H groups in total. The summed E-state index contributed by atoms with van der Waals surface area (Å²) in [5.41, 5.74) is 6.72. The van der Waals surface area contributed by atoms with Crippen LogP contribution in [-0.2, 0) is 17.6 Å². The highest BCUT2D eigenvalue weighted by Crippen LogP contribution is 2.56. The van der Waals surface area contributed by atoms with E-state index in [0.29, 0.717) is 5.92 Å². The van der Waals surface area contributed by atoms with E-state index in [0.717, 1.165) is 85.5 Å². The van der Waals surface area contributed by atoms with Gasteiger partial charge in [-0.1, -0.05) is 24.3 Å². The van der Waals surface area contributed by atoms with Crippen LogP contribution in [0.4, 0.5) is 16.3 Å². The van der Waals surface area contributed by atoms with Crippen molar-refractivity contribution in [2.24, 2.45) is 5.41 Å². The molecule has 1 amide bonds. The normalized spacial score (nSPS) is 23.8. The van der Waals surface area contributed by atoms with Crippen LogP contribution in [0.15, 0.2) is 48.8 Å². The van der Waals surface area contributed by atoms with E-state index < -0.39 is 5.60 Å². The second-order valence-corrected chi connectivity index (χ2v) is 12.9. The minimum atomic E-state index is -0.537. The van der Waals surface area contributed by atoms with Crippen molar-refractivity contribution in [2.75, 3.05) is 11.4 Å². The van der Waals surface area contributed by atoms with E-state index in [1.54, 1.807) is 0 Å². The van der Waals surface area contributed by atoms with E-state index in [-0.39, 0.29) is 17.6 Å². The number of aromatic nitrogens is 5. The van der Waals surface area contributed by atoms with Crippen LogP contribution >= 0.6 is 0 Å². The monoisotopic (exact) mass is 551 g/mol. The third kappa shape index (κ3) is 4.71. The first kappa shape index (κ1) is 25.9. The molecule has 4 aromatic rings. The van der Waals surface area contributed by atoms with E-state index in [1.807, 2.05) is 39.2 Å². The maximum atomic E-state index is 12.9. The van der Waals surface area contributed by atoms with Gasteiger partial charge < -0.3 is 15.0 Å². The molecular formula is C32H37N7O2. The zero-order valence-corrected chi connectivity index (χ0v) is 24.0. The minimum absolute atomic E-state index is 0.0224. The Bertz CT molecular complexity index is 1600. The number of aryl methyl sites for hydroxylation is 1. The first-order valence-electron chi connectivity index (χ1n) is 14.8. The Balaban J connectivity index is 1.10. The molecule has 7 rings (SSSR count). The topological polar surface area (TPSA) is 109 Å². The van der Waals surface area contributed by atoms with Gasteiger partial charge in [0.15, 0.2) is 17.0 Å². The number of anilines is 2. The Hall–Kier alpha value is -4.01. The lowest BCUT2D eigenvalue weighted by molar-refractivity contribution is 0.0406. The molecule has 0 saturated heterocycles. The summed E-state index contributed by atoms with van der Waals surface area (Å²) in [4.78, 5) is 29.6. The molecular weight excluding hydrogens is 514 g/mol. The van der Waals surface area contributed by atoms with Gasteiger partial charge in [-0.15, -0.1) is 0 Å². The predicted octanol–water partition coefficient (Wildman–Crippen LogP) is 6.30. The molecule has 0 radical (unpaired) electrons. The fraction of sp³-hybridized carbons (Fsp3) is 0.469. The molecule has 1 aliphatic heterocycles. The maximum absolute atomic E-state index is 12.9. The van der Waals surface area contributed by atoms with Crippen LogP contribution in [0.5, 0.6) is 0 Å². The quantitative estimate of drug-likeness (QED) is 0.308. The zero-order chi connectivity index (χ0) is 28.2. The highest BCUT2D eigenvalue weighted by molar-refractivity contribution is 5.86. The number of hydrogen-bond donors (Lipinski definition) is 2. The molecule has 1 aromatic carbocycles. The minimum Gasteiger partial charge on any atom is -0.444 e. The van der Waals surface area contributed by atoms with Crippen LogP contribution in [0.2, 0.25) is 0 Å². The number of H-pyrrole nitrogens is 1. The fourth-order valence-electron chi connectivity index (χ4n) is 7.20. The van der Waals surface area contributed by atoms with E-state index in [4.69, 9.17) is 14.7 Å². The molecule has 1 spiro atoms. The lowest BCUT2D eigenvalue weighted by atomic mass is 9.66. The molecule has 3 aromatic heterocycles. The number of carbonyl (C=O) groups excluding carboxylic acids is 1. The number of nitrogens with zero attached hydrogens (tertiary/aromatic N) is 5. The summed E-state index contributed by atoms with van der Waals surface area (Å²) in [7, 11) is 0. The second-order valence-electron chi connectivity index (χ2n) is 12.9. The second kappa shape index (κ2) is 9.82. The van der Waals surface area contributed by atoms with E-state index in [9.17, 15) is 4.79 Å². The van der Waals surface area contributed by atoms with Crippen molar-refractivity contribution < 1.29 is 9.53 Å². The number of ether oxygens (including phenoxy) is 1. The first-order valence-corrected chi connectivity index (χ1v) is 14.8. The number of amides is 1. The van der Waals surface area contributed by atoms with Crippen molar-refractivity contribution >= 4 is 28.8 Å². The number of nitrogens with one attached hydrogen (secondary N) is 2. The van der Waals surface area contributed by atoms with E-state index in [1.165, 1.54) is 11.1 Å². The number of rotatable bonds is 3. The van der Waals surface area contributed by atoms with Gasteiger partial charge in [-0.05, 0) is 94.4 Å². The SMILES string of the molecule is CC(C)(C)OC(=O)N[C@H]1c2ccccc2C[C@]12CC[C@H](c1cnc3c(N4CCCc5ncccc54)n[nH]c3n1)CC2. The summed E-state index contributed by atoms with van der Waals surface area (Å²) in [6, 6.07) is 12.5. The van der Waals surface area contributed by atoms with Gasteiger partial charge in [0.2, 0.25) is 0 Å². The Morgan fingerprint density at radius 2 is 1.95 bits per heavy atom. The molecule has 3 aliphatic rings. The van der Waals surface area contributed by atoms with Crippen LogP contribution in [-0.4, -0.2) is 43.4 Å². The molecule has 1 saturated carbocycles. The Morgan fingerprint density at radius 1 is 1.12 bits per heavy atom. The summed E-state index contributed by atoms with van der Waals surface area (Å²) >= 11 is 0. The van der Waals surface area contributed by atoms with Gasteiger partial charge in [0, 0.05) is 24.9 Å². The average Bonchev–Trinajstić information content (AvgIpc) is 3.51. The standard InChI is InChI=1S/C32H37N7O2/c1-31(2,3)41-30(40)36-27-22-9-5-4-8-21(22)18-32(27)14-12-20(13-15-32)24-19-34-26-28(35-24)37-38-29(26)39-17-7-10-23-25(39)11-6-16-33-23/h4-6,8-9,11,16,19-20,27H,7,10,12-15,17-18H2,1-3H3,(H,36,40)(H,35,37,38)/t20-,27-,32+/m0/s1. The van der Waals surface area contributed by atoms with Crippen LogP contribution in [0.3, 0.4) is 0 Å². The van der Waals surface area contributed by atoms with Crippen molar-refractivity contribution in [1.29, 1.82) is 0 Å². The van der Waals surface area contributed by atoms with Crippen molar-refractivity contribution in [1.82, 2.24) is 30.5 Å². The molecule has 9 nitrogen and oxygen atoms in total. The Morgan fingerprint density at radius 3 is 2.78 bits per heavy atom. The molecule has 212 valence electrons. The van der Waals surface area contributed by atoms with Crippen LogP contribution < -0.4 is 10.2 Å². The molecule has 2 aliphatic carbocycles. The molecule has 1 atom stereocenters. The fourth-order valence-corrected chi connectivity index (χ4v) is 7.20. The van der Waals surface area contributed by atoms with Gasteiger partial charge in [-0.2, -0.15) is 5.10 Å². The molecule has 9 heteroatoms. The maximum Gasteiger partial charge on any atom is 0.408 e. The molecule has 41 heavy (non-hydrogen) atoms. The highest BCUT2D eigenvalue weighted by Gasteiger charge is 2.49. The smallest absolute Gasteiger partial charge is 0.408 e. The summed E-state index contributed by atoms with van der Waals surface area (Å²) < 4.78 is 5.66. The third-order valence-electron chi connectivity index (χ3n) is 9.06. The van der Waals surface area contributed by atoms with Gasteiger partial charge in [0.05, 0.1) is 23.1 Å². The number of hydrogen-bond acceptors (Lipinski definition) is 7. The Kier molecular flexibility index (Phi) is 6.21. The number of aromatic amines is 1. The first-order chi connectivity index (χ1) is 19.8. The molecule has 0 unspecified atom stereocenters. The number of pyridine rings is 1. The van der Waals surface area contributed by atoms with Gasteiger partial charge in [0.1, 0.15) is 5.60 Å². The largest absolute Gasteiger partial charge is 0.444 e. The molecule has 4 heterocycles. The van der Waals surface area contributed by atoms with Crippen LogP contribution in [0.25, 0.3) is 11.2 Å². The summed E-state index contributed by atoms with van der Waals surface area (Å²) in [6.45, 7) is 6.59. The van der Waals surface area contributed by atoms with Crippen molar-refractivity contribution in [3.8, 4) is 0 Å². The molecule has 1 fully saturated rings. The third-order valence-corrected chi connectivity index (χ3v) is 9.06. The zero-order valence-electron chi connectivity index (χ0n) is 24.0. The lowest BCUT2D eigenvalue weighted by Gasteiger charge is -2.42. The van der Waals surface area contributed by atoms with Gasteiger partial charge in [0.25, 0.3) is 0 Å². The number of alkyl carbamates (subject to hydrolysis) is 1. The van der Waals surface area contributed by atoms with Gasteiger partial charge in [-0.25, -0.2) is 14.8 Å². The van der Waals surface area contributed by atoms with Crippen molar-refractivity contribution in [3.05, 3.63) is 71.3 Å². The van der Waals surface area contributed by atoms with Crippen molar-refractivity contribution in [2.45, 2.75) is 83.3 Å². The number of carbonyl (C=O) groups is 1. The van der Waals surface area contributed by atoms with Crippen LogP contribution in [0, 0.1) is 5.41 Å². The highest BCUT2D eigenvalue weighted by atomic mass is 16.6. The number of fused-ring (bicyclic) bond motifs is 3. The van der Waals surface area contributed by atoms with Gasteiger partial charge in [-0.3, -0.25) is 10.1 Å². The van der Waals surface area contributed by atoms with Gasteiger partial charge >= 0.3 is 6.09 Å². The van der Waals surface area contributed by atoms with Crippen LogP contribution in [0.1, 0.15) is 87.3 Å².